The van der Waals surface area contributed by atoms with E-state index < -0.39 is 5.63 Å². The van der Waals surface area contributed by atoms with Crippen LogP contribution in [0.2, 0.25) is 0 Å². The molecule has 0 aliphatic rings. The van der Waals surface area contributed by atoms with Crippen molar-refractivity contribution in [2.75, 3.05) is 5.32 Å². The molecule has 0 fully saturated rings. The molecule has 6 aromatic rings. The summed E-state index contributed by atoms with van der Waals surface area (Å²) >= 11 is 1.51. The highest BCUT2D eigenvalue weighted by molar-refractivity contribution is 7.22. The van der Waals surface area contributed by atoms with Gasteiger partial charge in [0.05, 0.1) is 32.6 Å². The molecule has 154 valence electrons. The third kappa shape index (κ3) is 3.32. The Bertz CT molecular complexity index is 1640. The summed E-state index contributed by atoms with van der Waals surface area (Å²) in [7, 11) is 0. The molecule has 0 amide bonds. The Labute approximate surface area is 185 Å². The van der Waals surface area contributed by atoms with Crippen molar-refractivity contribution in [3.05, 3.63) is 89.3 Å². The average Bonchev–Trinajstić information content (AvgIpc) is 3.21. The van der Waals surface area contributed by atoms with E-state index in [0.717, 1.165) is 15.6 Å². The van der Waals surface area contributed by atoms with Gasteiger partial charge in [0.25, 0.3) is 0 Å². The van der Waals surface area contributed by atoms with Gasteiger partial charge in [-0.1, -0.05) is 47.7 Å². The van der Waals surface area contributed by atoms with Crippen molar-refractivity contribution in [1.29, 1.82) is 0 Å². The standard InChI is InChI=1S/C24H14N4O3S/c29-21-13-19(15-8-2-5-11-18(15)30-21)31-22-14-7-1-3-9-16(14)25-23(27-22)28-24-26-17-10-4-6-12-20(17)32-24/h1-13H,(H,25,26,27,28). The number of thiazole rings is 1. The molecule has 3 heterocycles. The van der Waals surface area contributed by atoms with E-state index >= 15 is 0 Å². The Kier molecular flexibility index (Phi) is 4.29. The largest absolute Gasteiger partial charge is 0.437 e. The topological polar surface area (TPSA) is 90.1 Å². The van der Waals surface area contributed by atoms with E-state index in [-0.39, 0.29) is 0 Å². The fourth-order valence-electron chi connectivity index (χ4n) is 3.47. The van der Waals surface area contributed by atoms with E-state index in [1.807, 2.05) is 60.7 Å². The van der Waals surface area contributed by atoms with Gasteiger partial charge in [0, 0.05) is 0 Å². The molecule has 6 rings (SSSR count). The highest BCUT2D eigenvalue weighted by atomic mass is 32.1. The Morgan fingerprint density at radius 3 is 2.44 bits per heavy atom. The number of hydrogen-bond donors (Lipinski definition) is 1. The van der Waals surface area contributed by atoms with Gasteiger partial charge in [-0.25, -0.2) is 14.8 Å². The number of fused-ring (bicyclic) bond motifs is 3. The number of rotatable bonds is 4. The van der Waals surface area contributed by atoms with Gasteiger partial charge < -0.3 is 9.15 Å². The Hall–Kier alpha value is -4.30. The van der Waals surface area contributed by atoms with Crippen molar-refractivity contribution in [3.63, 3.8) is 0 Å². The van der Waals surface area contributed by atoms with Gasteiger partial charge in [-0.2, -0.15) is 4.98 Å². The number of nitrogens with one attached hydrogen (secondary N) is 1. The maximum atomic E-state index is 12.1. The molecule has 7 nitrogen and oxygen atoms in total. The number of para-hydroxylation sites is 3. The summed E-state index contributed by atoms with van der Waals surface area (Å²) < 4.78 is 12.5. The zero-order valence-electron chi connectivity index (χ0n) is 16.5. The maximum Gasteiger partial charge on any atom is 0.339 e. The molecule has 0 bridgehead atoms. The fourth-order valence-corrected chi connectivity index (χ4v) is 4.33. The van der Waals surface area contributed by atoms with E-state index in [0.29, 0.717) is 39.2 Å². The number of anilines is 2. The molecule has 0 unspecified atom stereocenters. The molecule has 0 aliphatic heterocycles. The number of benzene rings is 3. The summed E-state index contributed by atoms with van der Waals surface area (Å²) in [6, 6.07) is 24.0. The minimum atomic E-state index is -0.495. The van der Waals surface area contributed by atoms with Gasteiger partial charge >= 0.3 is 5.63 Å². The van der Waals surface area contributed by atoms with Gasteiger partial charge in [0.15, 0.2) is 5.13 Å². The Balaban J connectivity index is 1.46. The SMILES string of the molecule is O=c1cc(Oc2nc(Nc3nc4ccccc4s3)nc3ccccc23)c2ccccc2o1. The average molecular weight is 438 g/mol. The number of aromatic nitrogens is 3. The first-order valence-corrected chi connectivity index (χ1v) is 10.6. The van der Waals surface area contributed by atoms with Crippen LogP contribution in [-0.4, -0.2) is 15.0 Å². The summed E-state index contributed by atoms with van der Waals surface area (Å²) in [5.74, 6) is 1.05. The molecule has 3 aromatic heterocycles. The lowest BCUT2D eigenvalue weighted by molar-refractivity contribution is 0.463. The molecule has 3 aromatic carbocycles. The highest BCUT2D eigenvalue weighted by Crippen LogP contribution is 2.33. The molecule has 0 aliphatic carbocycles. The molecular weight excluding hydrogens is 424 g/mol. The van der Waals surface area contributed by atoms with Gasteiger partial charge in [0.2, 0.25) is 11.8 Å². The maximum absolute atomic E-state index is 12.1. The van der Waals surface area contributed by atoms with Crippen molar-refractivity contribution < 1.29 is 9.15 Å². The van der Waals surface area contributed by atoms with Crippen molar-refractivity contribution >= 4 is 54.5 Å². The lowest BCUT2D eigenvalue weighted by Crippen LogP contribution is -2.02. The van der Waals surface area contributed by atoms with Crippen LogP contribution < -0.4 is 15.7 Å². The third-order valence-corrected chi connectivity index (χ3v) is 5.85. The molecule has 0 atom stereocenters. The molecule has 0 radical (unpaired) electrons. The summed E-state index contributed by atoms with van der Waals surface area (Å²) in [6.45, 7) is 0. The smallest absolute Gasteiger partial charge is 0.339 e. The predicted molar refractivity (Wildman–Crippen MR) is 125 cm³/mol. The van der Waals surface area contributed by atoms with Crippen LogP contribution in [0.15, 0.2) is 88.1 Å². The Morgan fingerprint density at radius 1 is 0.812 bits per heavy atom. The first-order valence-electron chi connectivity index (χ1n) is 9.83. The zero-order valence-corrected chi connectivity index (χ0v) is 17.3. The normalized spacial score (nSPS) is 11.2. The monoisotopic (exact) mass is 438 g/mol. The summed E-state index contributed by atoms with van der Waals surface area (Å²) in [5.41, 5.74) is 1.55. The number of hydrogen-bond acceptors (Lipinski definition) is 8. The first kappa shape index (κ1) is 18.5. The van der Waals surface area contributed by atoms with Gasteiger partial charge in [-0.3, -0.25) is 5.32 Å². The molecular formula is C24H14N4O3S. The number of nitrogens with zero attached hydrogens (tertiary/aromatic N) is 3. The molecule has 1 N–H and O–H groups in total. The summed E-state index contributed by atoms with van der Waals surface area (Å²) in [6.07, 6.45) is 0. The van der Waals surface area contributed by atoms with Gasteiger partial charge in [-0.15, -0.1) is 0 Å². The third-order valence-electron chi connectivity index (χ3n) is 4.90. The van der Waals surface area contributed by atoms with Crippen LogP contribution in [0.3, 0.4) is 0 Å². The first-order chi connectivity index (χ1) is 15.7. The quantitative estimate of drug-likeness (QED) is 0.344. The van der Waals surface area contributed by atoms with Crippen LogP contribution in [0, 0.1) is 0 Å². The lowest BCUT2D eigenvalue weighted by Gasteiger charge is -2.11. The summed E-state index contributed by atoms with van der Waals surface area (Å²) in [4.78, 5) is 25.8. The fraction of sp³-hybridized carbons (Fsp3) is 0. The van der Waals surface area contributed by atoms with Crippen LogP contribution in [0.5, 0.6) is 11.6 Å². The van der Waals surface area contributed by atoms with Crippen LogP contribution in [0.25, 0.3) is 32.1 Å². The summed E-state index contributed by atoms with van der Waals surface area (Å²) in [5, 5.41) is 5.26. The molecule has 8 heteroatoms. The molecule has 0 saturated carbocycles. The second kappa shape index (κ2) is 7.44. The van der Waals surface area contributed by atoms with Crippen LogP contribution in [0.4, 0.5) is 11.1 Å². The Morgan fingerprint density at radius 2 is 1.56 bits per heavy atom. The minimum Gasteiger partial charge on any atom is -0.437 e. The van der Waals surface area contributed by atoms with Crippen LogP contribution in [0.1, 0.15) is 0 Å². The van der Waals surface area contributed by atoms with E-state index in [1.165, 1.54) is 17.4 Å². The second-order valence-corrected chi connectivity index (χ2v) is 8.04. The zero-order chi connectivity index (χ0) is 21.5. The molecule has 0 saturated heterocycles. The molecule has 32 heavy (non-hydrogen) atoms. The van der Waals surface area contributed by atoms with E-state index in [2.05, 4.69) is 20.3 Å². The second-order valence-electron chi connectivity index (χ2n) is 7.01. The van der Waals surface area contributed by atoms with Crippen LogP contribution >= 0.6 is 11.3 Å². The lowest BCUT2D eigenvalue weighted by atomic mass is 10.2. The van der Waals surface area contributed by atoms with Gasteiger partial charge in [0.1, 0.15) is 11.3 Å². The van der Waals surface area contributed by atoms with E-state index in [4.69, 9.17) is 9.15 Å². The minimum absolute atomic E-state index is 0.329. The highest BCUT2D eigenvalue weighted by Gasteiger charge is 2.14. The van der Waals surface area contributed by atoms with Crippen molar-refractivity contribution in [2.45, 2.75) is 0 Å². The predicted octanol–water partition coefficient (Wildman–Crippen LogP) is 5.88. The van der Waals surface area contributed by atoms with Crippen LogP contribution in [-0.2, 0) is 0 Å². The van der Waals surface area contributed by atoms with E-state index in [1.54, 1.807) is 12.1 Å². The van der Waals surface area contributed by atoms with Crippen molar-refractivity contribution in [1.82, 2.24) is 15.0 Å². The van der Waals surface area contributed by atoms with Gasteiger partial charge in [-0.05, 0) is 36.4 Å². The van der Waals surface area contributed by atoms with E-state index in [9.17, 15) is 4.79 Å². The molecule has 0 spiro atoms. The number of ether oxygens (including phenoxy) is 1. The van der Waals surface area contributed by atoms with Crippen molar-refractivity contribution in [2.24, 2.45) is 0 Å². The van der Waals surface area contributed by atoms with Crippen molar-refractivity contribution in [3.8, 4) is 11.6 Å².